The highest BCUT2D eigenvalue weighted by Crippen LogP contribution is 2.20. The van der Waals surface area contributed by atoms with Crippen LogP contribution in [0.3, 0.4) is 0 Å². The van der Waals surface area contributed by atoms with Gasteiger partial charge in [0.05, 0.1) is 6.42 Å². The van der Waals surface area contributed by atoms with Gasteiger partial charge in [-0.15, -0.1) is 0 Å². The van der Waals surface area contributed by atoms with Crippen molar-refractivity contribution < 1.29 is 31.7 Å². The van der Waals surface area contributed by atoms with Crippen LogP contribution < -0.4 is 14.8 Å². The smallest absolute Gasteiger partial charge is 0.339 e. The van der Waals surface area contributed by atoms with Gasteiger partial charge in [-0.3, -0.25) is 14.4 Å². The van der Waals surface area contributed by atoms with Gasteiger partial charge in [-0.2, -0.15) is 8.42 Å². The number of ether oxygens (including phenoxy) is 1. The Morgan fingerprint density at radius 1 is 0.791 bits per heavy atom. The predicted octanol–water partition coefficient (Wildman–Crippen LogP) is 4.78. The normalized spacial score (nSPS) is 11.3. The average molecular weight is 599 g/mol. The molecule has 0 atom stereocenters. The summed E-state index contributed by atoms with van der Waals surface area (Å²) in [5.41, 5.74) is 2.51. The van der Waals surface area contributed by atoms with E-state index >= 15 is 0 Å². The molecule has 4 aromatic carbocycles. The molecule has 0 bridgehead atoms. The highest BCUT2D eigenvalue weighted by molar-refractivity contribution is 7.87. The lowest BCUT2D eigenvalue weighted by molar-refractivity contribution is -0.144. The largest absolute Gasteiger partial charge is 0.461 e. The molecule has 9 nitrogen and oxygen atoms in total. The molecular formula is C33H30N2O7S. The molecule has 0 unspecified atom stereocenters. The number of rotatable bonds is 12. The second-order valence-electron chi connectivity index (χ2n) is 9.45. The molecule has 2 N–H and O–H groups in total. The molecule has 0 radical (unpaired) electrons. The van der Waals surface area contributed by atoms with E-state index in [0.717, 1.165) is 11.1 Å². The molecule has 10 heteroatoms. The number of hydrogen-bond donors (Lipinski definition) is 2. The molecule has 0 saturated heterocycles. The highest BCUT2D eigenvalue weighted by atomic mass is 32.2. The van der Waals surface area contributed by atoms with Gasteiger partial charge in [-0.05, 0) is 60.5 Å². The van der Waals surface area contributed by atoms with Gasteiger partial charge in [0.2, 0.25) is 0 Å². The van der Waals surface area contributed by atoms with E-state index in [-0.39, 0.29) is 35.9 Å². The van der Waals surface area contributed by atoms with Crippen molar-refractivity contribution >= 4 is 34.0 Å². The SMILES string of the molecule is Cc1ccc(S(=O)(=O)Oc2ccc(/C=C(/NC(=O)c3ccccc3)C(=O)NCCC(=O)OCc3ccccc3)cc2)cc1. The molecule has 0 fully saturated rings. The van der Waals surface area contributed by atoms with Crippen molar-refractivity contribution in [3.8, 4) is 5.75 Å². The number of carbonyl (C=O) groups excluding carboxylic acids is 3. The molecule has 0 aromatic heterocycles. The molecule has 0 aliphatic carbocycles. The minimum Gasteiger partial charge on any atom is -0.461 e. The molecule has 0 aliphatic heterocycles. The molecule has 4 rings (SSSR count). The van der Waals surface area contributed by atoms with Gasteiger partial charge in [0.15, 0.2) is 0 Å². The summed E-state index contributed by atoms with van der Waals surface area (Å²) >= 11 is 0. The first kappa shape index (κ1) is 30.7. The van der Waals surface area contributed by atoms with Crippen molar-refractivity contribution in [2.75, 3.05) is 6.54 Å². The number of nitrogens with one attached hydrogen (secondary N) is 2. The number of esters is 1. The standard InChI is InChI=1S/C33H30N2O7S/c1-24-12-18-29(19-13-24)43(39,40)42-28-16-14-25(15-17-28)22-30(35-32(37)27-10-6-3-7-11-27)33(38)34-21-20-31(36)41-23-26-8-4-2-5-9-26/h2-19,22H,20-21,23H2,1H3,(H,34,38)(H,35,37)/b30-22+. The van der Waals surface area contributed by atoms with E-state index in [1.165, 1.54) is 30.3 Å². The zero-order valence-electron chi connectivity index (χ0n) is 23.4. The summed E-state index contributed by atoms with van der Waals surface area (Å²) in [4.78, 5) is 38.1. The zero-order valence-corrected chi connectivity index (χ0v) is 24.2. The minimum absolute atomic E-state index is 0.0192. The Balaban J connectivity index is 1.43. The van der Waals surface area contributed by atoms with Crippen LogP contribution in [0.2, 0.25) is 0 Å². The van der Waals surface area contributed by atoms with Gasteiger partial charge in [0.25, 0.3) is 11.8 Å². The number of carbonyl (C=O) groups is 3. The molecule has 2 amide bonds. The Hall–Kier alpha value is -5.22. The fraction of sp³-hybridized carbons (Fsp3) is 0.121. The summed E-state index contributed by atoms with van der Waals surface area (Å²) in [5.74, 6) is -1.54. The van der Waals surface area contributed by atoms with Crippen molar-refractivity contribution in [1.29, 1.82) is 0 Å². The van der Waals surface area contributed by atoms with Crippen LogP contribution in [0.1, 0.15) is 33.5 Å². The summed E-state index contributed by atoms with van der Waals surface area (Å²) in [6.07, 6.45) is 1.36. The van der Waals surface area contributed by atoms with Gasteiger partial charge >= 0.3 is 16.1 Å². The number of aryl methyl sites for hydroxylation is 1. The maximum Gasteiger partial charge on any atom is 0.339 e. The fourth-order valence-corrected chi connectivity index (χ4v) is 4.72. The maximum absolute atomic E-state index is 13.1. The van der Waals surface area contributed by atoms with Crippen LogP contribution in [0.5, 0.6) is 5.75 Å². The van der Waals surface area contributed by atoms with Crippen molar-refractivity contribution in [3.05, 3.63) is 137 Å². The second kappa shape index (κ2) is 14.6. The lowest BCUT2D eigenvalue weighted by atomic mass is 10.1. The van der Waals surface area contributed by atoms with Crippen LogP contribution in [0.15, 0.2) is 120 Å². The van der Waals surface area contributed by atoms with Crippen LogP contribution in [0, 0.1) is 6.92 Å². The highest BCUT2D eigenvalue weighted by Gasteiger charge is 2.18. The Kier molecular flexibility index (Phi) is 10.4. The molecule has 4 aromatic rings. The van der Waals surface area contributed by atoms with E-state index in [9.17, 15) is 22.8 Å². The number of benzene rings is 4. The predicted molar refractivity (Wildman–Crippen MR) is 161 cm³/mol. The fourth-order valence-electron chi connectivity index (χ4n) is 3.79. The minimum atomic E-state index is -4.04. The molecule has 0 aliphatic rings. The van der Waals surface area contributed by atoms with Gasteiger partial charge in [0.1, 0.15) is 22.9 Å². The summed E-state index contributed by atoms with van der Waals surface area (Å²) in [6.45, 7) is 1.95. The van der Waals surface area contributed by atoms with Gasteiger partial charge in [0, 0.05) is 12.1 Å². The van der Waals surface area contributed by atoms with E-state index < -0.39 is 27.9 Å². The first-order valence-corrected chi connectivity index (χ1v) is 14.8. The van der Waals surface area contributed by atoms with Gasteiger partial charge in [-0.25, -0.2) is 0 Å². The van der Waals surface area contributed by atoms with Gasteiger partial charge in [-0.1, -0.05) is 78.4 Å². The van der Waals surface area contributed by atoms with E-state index in [0.29, 0.717) is 11.1 Å². The van der Waals surface area contributed by atoms with E-state index in [1.807, 2.05) is 37.3 Å². The zero-order chi connectivity index (χ0) is 30.7. The Morgan fingerprint density at radius 3 is 2.07 bits per heavy atom. The maximum atomic E-state index is 13.1. The van der Waals surface area contributed by atoms with Crippen LogP contribution >= 0.6 is 0 Å². The van der Waals surface area contributed by atoms with Crippen molar-refractivity contribution in [2.24, 2.45) is 0 Å². The lowest BCUT2D eigenvalue weighted by Crippen LogP contribution is -2.35. The van der Waals surface area contributed by atoms with Crippen LogP contribution in [-0.4, -0.2) is 32.7 Å². The van der Waals surface area contributed by atoms with E-state index in [2.05, 4.69) is 10.6 Å². The Labute approximate surface area is 250 Å². The third kappa shape index (κ3) is 9.40. The van der Waals surface area contributed by atoms with E-state index in [4.69, 9.17) is 8.92 Å². The quantitative estimate of drug-likeness (QED) is 0.136. The van der Waals surface area contributed by atoms with Crippen LogP contribution in [-0.2, 0) is 31.1 Å². The third-order valence-corrected chi connectivity index (χ3v) is 7.35. The number of hydrogen-bond acceptors (Lipinski definition) is 7. The molecular weight excluding hydrogens is 568 g/mol. The van der Waals surface area contributed by atoms with Crippen molar-refractivity contribution in [2.45, 2.75) is 24.8 Å². The Bertz CT molecular complexity index is 1690. The molecule has 0 saturated carbocycles. The third-order valence-electron chi connectivity index (χ3n) is 6.09. The molecule has 0 heterocycles. The van der Waals surface area contributed by atoms with Crippen molar-refractivity contribution in [1.82, 2.24) is 10.6 Å². The summed E-state index contributed by atoms with van der Waals surface area (Å²) in [6, 6.07) is 29.8. The van der Waals surface area contributed by atoms with Gasteiger partial charge < -0.3 is 19.6 Å². The number of amides is 2. The first-order valence-electron chi connectivity index (χ1n) is 13.4. The first-order chi connectivity index (χ1) is 20.7. The average Bonchev–Trinajstić information content (AvgIpc) is 3.01. The van der Waals surface area contributed by atoms with Crippen molar-refractivity contribution in [3.63, 3.8) is 0 Å². The van der Waals surface area contributed by atoms with Crippen LogP contribution in [0.4, 0.5) is 0 Å². The second-order valence-corrected chi connectivity index (χ2v) is 11.0. The van der Waals surface area contributed by atoms with Crippen LogP contribution in [0.25, 0.3) is 6.08 Å². The topological polar surface area (TPSA) is 128 Å². The lowest BCUT2D eigenvalue weighted by Gasteiger charge is -2.12. The Morgan fingerprint density at radius 2 is 1.42 bits per heavy atom. The summed E-state index contributed by atoms with van der Waals surface area (Å²) < 4.78 is 35.7. The molecule has 0 spiro atoms. The molecule has 43 heavy (non-hydrogen) atoms. The summed E-state index contributed by atoms with van der Waals surface area (Å²) in [5, 5.41) is 5.24. The van der Waals surface area contributed by atoms with E-state index in [1.54, 1.807) is 54.6 Å². The molecule has 220 valence electrons. The summed E-state index contributed by atoms with van der Waals surface area (Å²) in [7, 11) is -4.04. The monoisotopic (exact) mass is 598 g/mol.